The van der Waals surface area contributed by atoms with Crippen LogP contribution in [0.5, 0.6) is 5.75 Å². The quantitative estimate of drug-likeness (QED) is 0.175. The lowest BCUT2D eigenvalue weighted by Gasteiger charge is -2.41. The Morgan fingerprint density at radius 1 is 1.08 bits per heavy atom. The molecule has 0 heterocycles. The Hall–Kier alpha value is -1.96. The van der Waals surface area contributed by atoms with Gasteiger partial charge in [0.2, 0.25) is 0 Å². The third-order valence-electron chi connectivity index (χ3n) is 7.40. The van der Waals surface area contributed by atoms with Crippen LogP contribution < -0.4 is 4.74 Å². The first-order chi connectivity index (χ1) is 17.9. The largest absolute Gasteiger partial charge is 0.496 e. The highest BCUT2D eigenvalue weighted by atomic mass is 29.5. The highest BCUT2D eigenvalue weighted by Crippen LogP contribution is 2.47. The molecule has 3 unspecified atom stereocenters. The van der Waals surface area contributed by atoms with E-state index < -0.39 is 50.5 Å². The van der Waals surface area contributed by atoms with E-state index >= 15 is 13.2 Å². The summed E-state index contributed by atoms with van der Waals surface area (Å²) in [6, 6.07) is 13.2. The summed E-state index contributed by atoms with van der Waals surface area (Å²) in [4.78, 5) is 13.7. The third kappa shape index (κ3) is 6.97. The number of benzene rings is 2. The highest BCUT2D eigenvalue weighted by molar-refractivity contribution is 7.23. The number of hydrogen-bond donors (Lipinski definition) is 0. The molecule has 0 N–H and O–H groups in total. The van der Waals surface area contributed by atoms with Crippen molar-refractivity contribution in [2.24, 2.45) is 0 Å². The second-order valence-electron chi connectivity index (χ2n) is 10.7. The van der Waals surface area contributed by atoms with Crippen LogP contribution in [0.25, 0.3) is 0 Å². The molecule has 0 spiro atoms. The van der Waals surface area contributed by atoms with Crippen molar-refractivity contribution < 1.29 is 36.6 Å². The van der Waals surface area contributed by atoms with Gasteiger partial charge in [-0.3, -0.25) is 0 Å². The minimum atomic E-state index is -5.03. The van der Waals surface area contributed by atoms with Gasteiger partial charge in [-0.05, 0) is 66.8 Å². The van der Waals surface area contributed by atoms with Crippen LogP contribution in [0.2, 0.25) is 0 Å². The van der Waals surface area contributed by atoms with Crippen molar-refractivity contribution in [3.63, 3.8) is 0 Å². The predicted molar refractivity (Wildman–Crippen MR) is 150 cm³/mol. The predicted octanol–water partition coefficient (Wildman–Crippen LogP) is 3.58. The van der Waals surface area contributed by atoms with E-state index in [2.05, 4.69) is 0 Å². The monoisotopic (exact) mass is 586 g/mol. The zero-order valence-electron chi connectivity index (χ0n) is 22.6. The first-order valence-corrected chi connectivity index (χ1v) is 23.9. The van der Waals surface area contributed by atoms with Gasteiger partial charge in [-0.15, -0.1) is 0 Å². The van der Waals surface area contributed by atoms with E-state index in [1.807, 2.05) is 30.3 Å². The minimum Gasteiger partial charge on any atom is -0.496 e. The zero-order valence-corrected chi connectivity index (χ0v) is 27.4. The van der Waals surface area contributed by atoms with Gasteiger partial charge < -0.3 is 14.2 Å². The van der Waals surface area contributed by atoms with E-state index in [0.717, 1.165) is 40.7 Å². The molecule has 3 atom stereocenters. The van der Waals surface area contributed by atoms with Crippen LogP contribution in [0, 0.1) is 5.82 Å². The van der Waals surface area contributed by atoms with Crippen molar-refractivity contribution in [3.8, 4) is 5.75 Å². The summed E-state index contributed by atoms with van der Waals surface area (Å²) in [5, 5.41) is 0. The van der Waals surface area contributed by atoms with Crippen LogP contribution in [0.15, 0.2) is 48.5 Å². The number of esters is 1. The smallest absolute Gasteiger partial charge is 0.428 e. The van der Waals surface area contributed by atoms with Crippen molar-refractivity contribution in [3.05, 3.63) is 65.5 Å². The lowest BCUT2D eigenvalue weighted by molar-refractivity contribution is -0.281. The van der Waals surface area contributed by atoms with E-state index in [0.29, 0.717) is 6.42 Å². The van der Waals surface area contributed by atoms with Crippen molar-refractivity contribution in [1.29, 1.82) is 0 Å². The number of alkyl halides is 3. The Morgan fingerprint density at radius 3 is 2.39 bits per heavy atom. The second-order valence-corrected chi connectivity index (χ2v) is 26.9. The Balaban J connectivity index is 2.02. The number of hydrogen-bond acceptors (Lipinski definition) is 4. The summed E-state index contributed by atoms with van der Waals surface area (Å²) in [7, 11) is 1.26. The molecule has 0 radical (unpaired) electrons. The van der Waals surface area contributed by atoms with Crippen molar-refractivity contribution >= 4 is 33.3 Å². The molecular formula is C27H38F4O4Si3. The van der Waals surface area contributed by atoms with Crippen LogP contribution in [-0.4, -0.2) is 64.5 Å². The van der Waals surface area contributed by atoms with E-state index in [9.17, 15) is 9.18 Å². The summed E-state index contributed by atoms with van der Waals surface area (Å²) in [6.45, 7) is 3.10. The van der Waals surface area contributed by atoms with Gasteiger partial charge in [0.25, 0.3) is 5.60 Å². The van der Waals surface area contributed by atoms with Crippen LogP contribution in [0.3, 0.4) is 0 Å². The fraction of sp³-hybridized carbons (Fsp3) is 0.519. The standard InChI is InChI=1S/C27H38F4O4Si3/c1-25(2,21-15-19(28)13-14-23(21)33-3)16-26(27(29,30)31,34-17-37-38-36)24(32)35-22-12-8-7-11-20(22)18-9-5-4-6-10-18/h4-6,9-10,13-15,20,22H,7-8,11-12,16-17,37-38H2,1-3,36H3. The molecule has 0 bridgehead atoms. The number of halogens is 4. The first kappa shape index (κ1) is 30.6. The van der Waals surface area contributed by atoms with Crippen LogP contribution >= 0.6 is 0 Å². The molecule has 0 saturated heterocycles. The molecule has 1 fully saturated rings. The Kier molecular flexibility index (Phi) is 10.4. The summed E-state index contributed by atoms with van der Waals surface area (Å²) >= 11 is 0. The van der Waals surface area contributed by atoms with Crippen LogP contribution in [0.4, 0.5) is 17.6 Å². The van der Waals surface area contributed by atoms with E-state index in [1.165, 1.54) is 19.2 Å². The molecule has 0 aliphatic heterocycles. The number of rotatable bonds is 11. The van der Waals surface area contributed by atoms with Gasteiger partial charge in [-0.2, -0.15) is 13.2 Å². The average molecular weight is 587 g/mol. The molecule has 1 aliphatic rings. The highest BCUT2D eigenvalue weighted by Gasteiger charge is 2.65. The minimum absolute atomic E-state index is 0.0342. The Morgan fingerprint density at radius 2 is 1.76 bits per heavy atom. The van der Waals surface area contributed by atoms with E-state index in [1.54, 1.807) is 13.8 Å². The molecule has 11 heteroatoms. The lowest BCUT2D eigenvalue weighted by Crippen LogP contribution is -2.59. The third-order valence-corrected chi connectivity index (χ3v) is 18.0. The summed E-state index contributed by atoms with van der Waals surface area (Å²) in [5.41, 5.74) is -3.31. The maximum absolute atomic E-state index is 15.0. The molecule has 210 valence electrons. The maximum Gasteiger partial charge on any atom is 0.428 e. The number of carbonyl (C=O) groups is 1. The molecule has 0 amide bonds. The number of methoxy groups -OCH3 is 1. The normalized spacial score (nSPS) is 20.7. The fourth-order valence-corrected chi connectivity index (χ4v) is 10.0. The molecule has 0 aromatic heterocycles. The summed E-state index contributed by atoms with van der Waals surface area (Å²) < 4.78 is 76.1. The SMILES string of the molecule is COc1ccc(F)cc1C(C)(C)CC(OC[SiH2][SiH2][SiH3])(C(=O)OC1CCCCC1c1ccccc1)C(F)(F)F. The van der Waals surface area contributed by atoms with Gasteiger partial charge in [0.05, 0.1) is 7.11 Å². The zero-order chi connectivity index (χ0) is 28.0. The van der Waals surface area contributed by atoms with E-state index in [-0.39, 0.29) is 32.0 Å². The van der Waals surface area contributed by atoms with Gasteiger partial charge in [0, 0.05) is 33.2 Å². The van der Waals surface area contributed by atoms with E-state index in [4.69, 9.17) is 14.2 Å². The van der Waals surface area contributed by atoms with Crippen LogP contribution in [-0.2, 0) is 19.7 Å². The topological polar surface area (TPSA) is 44.8 Å². The molecular weight excluding hydrogens is 549 g/mol. The van der Waals surface area contributed by atoms with Gasteiger partial charge in [0.15, 0.2) is 0 Å². The van der Waals surface area contributed by atoms with Gasteiger partial charge in [-0.25, -0.2) is 9.18 Å². The molecule has 2 aromatic carbocycles. The molecule has 4 nitrogen and oxygen atoms in total. The average Bonchev–Trinajstić information content (AvgIpc) is 2.88. The van der Waals surface area contributed by atoms with Crippen LogP contribution in [0.1, 0.15) is 63.0 Å². The van der Waals surface area contributed by atoms with Gasteiger partial charge in [-0.1, -0.05) is 50.6 Å². The molecule has 2 aromatic rings. The molecule has 3 rings (SSSR count). The maximum atomic E-state index is 15.0. The summed E-state index contributed by atoms with van der Waals surface area (Å²) in [6.07, 6.45) is -3.59. The molecule has 38 heavy (non-hydrogen) atoms. The number of ether oxygens (including phenoxy) is 3. The van der Waals surface area contributed by atoms with Crippen molar-refractivity contribution in [2.45, 2.75) is 75.2 Å². The van der Waals surface area contributed by atoms with Gasteiger partial charge >= 0.3 is 12.1 Å². The second kappa shape index (κ2) is 12.9. The van der Waals surface area contributed by atoms with Crippen molar-refractivity contribution in [2.75, 3.05) is 13.3 Å². The Labute approximate surface area is 229 Å². The molecule has 1 aliphatic carbocycles. The fourth-order valence-electron chi connectivity index (χ4n) is 5.35. The Bertz CT molecular complexity index is 1070. The number of carbonyl (C=O) groups excluding carboxylic acids is 1. The lowest BCUT2D eigenvalue weighted by atomic mass is 9.74. The summed E-state index contributed by atoms with van der Waals surface area (Å²) in [5.74, 6) is -1.93. The van der Waals surface area contributed by atoms with Gasteiger partial charge in [0.1, 0.15) is 17.7 Å². The first-order valence-electron chi connectivity index (χ1n) is 13.3. The molecule has 1 saturated carbocycles. The van der Waals surface area contributed by atoms with Crippen molar-refractivity contribution in [1.82, 2.24) is 0 Å².